The second-order valence-electron chi connectivity index (χ2n) is 5.27. The van der Waals surface area contributed by atoms with Gasteiger partial charge in [-0.3, -0.25) is 9.59 Å². The third kappa shape index (κ3) is 4.04. The molecule has 0 radical (unpaired) electrons. The molecule has 0 N–H and O–H groups in total. The molecule has 0 amide bonds. The Labute approximate surface area is 178 Å². The molecule has 15 heteroatoms. The van der Waals surface area contributed by atoms with Gasteiger partial charge in [-0.15, -0.1) is 10.2 Å². The van der Waals surface area contributed by atoms with Crippen molar-refractivity contribution in [1.82, 2.24) is 10.2 Å². The molecule has 0 saturated carbocycles. The van der Waals surface area contributed by atoms with E-state index in [0.29, 0.717) is 11.3 Å². The van der Waals surface area contributed by atoms with Crippen LogP contribution in [0.2, 0.25) is 0 Å². The number of benzene rings is 2. The molecule has 0 bridgehead atoms. The Balaban J connectivity index is 1.95. The predicted octanol–water partition coefficient (Wildman–Crippen LogP) is 5.58. The maximum absolute atomic E-state index is 14.0. The van der Waals surface area contributed by atoms with Gasteiger partial charge in [0, 0.05) is 0 Å². The van der Waals surface area contributed by atoms with Crippen LogP contribution in [0, 0.1) is 46.5 Å². The second kappa shape index (κ2) is 8.92. The standard InChI is InChI=1S/C16H2F8N2O2S3/c17-5-3(1-27)6(18)10(22)13(9(5)21)29-15-25-26-16(31-15)30-14-11(23)7(19)4(2-28)8(20)12(14)24/h1-2H. The topological polar surface area (TPSA) is 59.9 Å². The number of aldehydes is 2. The van der Waals surface area contributed by atoms with E-state index in [0.717, 1.165) is 0 Å². The third-order valence-electron chi connectivity index (χ3n) is 3.52. The van der Waals surface area contributed by atoms with Crippen molar-refractivity contribution in [2.24, 2.45) is 0 Å². The average molecular weight is 502 g/mol. The van der Waals surface area contributed by atoms with Crippen molar-refractivity contribution in [3.63, 3.8) is 0 Å². The first-order chi connectivity index (χ1) is 14.6. The normalized spacial score (nSPS) is 11.1. The van der Waals surface area contributed by atoms with E-state index in [1.807, 2.05) is 0 Å². The first kappa shape index (κ1) is 23.1. The number of carbonyl (C=O) groups excluding carboxylic acids is 2. The fraction of sp³-hybridized carbons (Fsp3) is 0. The zero-order valence-corrected chi connectivity index (χ0v) is 16.6. The quantitative estimate of drug-likeness (QED) is 0.249. The molecule has 0 spiro atoms. The monoisotopic (exact) mass is 502 g/mol. The van der Waals surface area contributed by atoms with Crippen molar-refractivity contribution in [1.29, 1.82) is 0 Å². The molecule has 0 saturated heterocycles. The number of nitrogens with zero attached hydrogens (tertiary/aromatic N) is 2. The van der Waals surface area contributed by atoms with Crippen molar-refractivity contribution in [2.45, 2.75) is 18.5 Å². The van der Waals surface area contributed by atoms with Crippen molar-refractivity contribution < 1.29 is 44.7 Å². The molecule has 3 aromatic rings. The summed E-state index contributed by atoms with van der Waals surface area (Å²) in [7, 11) is 0. The molecule has 0 aliphatic heterocycles. The number of hydrogen-bond donors (Lipinski definition) is 0. The third-order valence-corrected chi connectivity index (χ3v) is 6.67. The highest BCUT2D eigenvalue weighted by Gasteiger charge is 2.28. The van der Waals surface area contributed by atoms with Crippen LogP contribution < -0.4 is 0 Å². The summed E-state index contributed by atoms with van der Waals surface area (Å²) in [5.41, 5.74) is -2.91. The Kier molecular flexibility index (Phi) is 6.66. The van der Waals surface area contributed by atoms with Crippen molar-refractivity contribution in [3.05, 3.63) is 57.7 Å². The first-order valence-electron chi connectivity index (χ1n) is 7.43. The van der Waals surface area contributed by atoms with E-state index >= 15 is 0 Å². The molecule has 31 heavy (non-hydrogen) atoms. The van der Waals surface area contributed by atoms with Gasteiger partial charge < -0.3 is 0 Å². The van der Waals surface area contributed by atoms with Gasteiger partial charge >= 0.3 is 0 Å². The lowest BCUT2D eigenvalue weighted by molar-refractivity contribution is 0.110. The Morgan fingerprint density at radius 2 is 0.839 bits per heavy atom. The van der Waals surface area contributed by atoms with Gasteiger partial charge in [0.15, 0.2) is 67.8 Å². The molecule has 0 unspecified atom stereocenters. The summed E-state index contributed by atoms with van der Waals surface area (Å²) in [6, 6.07) is 0. The van der Waals surface area contributed by atoms with Crippen LogP contribution in [0.15, 0.2) is 18.5 Å². The zero-order valence-electron chi connectivity index (χ0n) is 14.1. The lowest BCUT2D eigenvalue weighted by Crippen LogP contribution is -2.04. The maximum Gasteiger partial charge on any atom is 0.180 e. The van der Waals surface area contributed by atoms with E-state index in [1.165, 1.54) is 0 Å². The summed E-state index contributed by atoms with van der Waals surface area (Å²) in [6.45, 7) is 0. The van der Waals surface area contributed by atoms with Gasteiger partial charge in [-0.2, -0.15) is 0 Å². The van der Waals surface area contributed by atoms with E-state index in [2.05, 4.69) is 10.2 Å². The summed E-state index contributed by atoms with van der Waals surface area (Å²) in [5.74, 6) is -15.3. The minimum atomic E-state index is -1.94. The van der Waals surface area contributed by atoms with E-state index in [9.17, 15) is 44.7 Å². The summed E-state index contributed by atoms with van der Waals surface area (Å²) in [4.78, 5) is 18.7. The molecule has 1 aromatic heterocycles. The molecule has 3 rings (SSSR count). The van der Waals surface area contributed by atoms with Crippen LogP contribution in [0.1, 0.15) is 20.7 Å². The molecule has 2 aromatic carbocycles. The number of halogens is 8. The van der Waals surface area contributed by atoms with Crippen molar-refractivity contribution in [2.75, 3.05) is 0 Å². The maximum atomic E-state index is 14.0. The molecular formula is C16H2F8N2O2S3. The fourth-order valence-electron chi connectivity index (χ4n) is 2.10. The van der Waals surface area contributed by atoms with Crippen LogP contribution in [0.4, 0.5) is 35.1 Å². The van der Waals surface area contributed by atoms with E-state index in [-0.39, 0.29) is 32.2 Å². The summed E-state index contributed by atoms with van der Waals surface area (Å²) in [5, 5.41) is 6.81. The SMILES string of the molecule is O=Cc1c(F)c(F)c(Sc2nnc(Sc3c(F)c(F)c(C=O)c(F)c3F)s2)c(F)c1F. The van der Waals surface area contributed by atoms with Gasteiger partial charge in [0.1, 0.15) is 0 Å². The smallest absolute Gasteiger partial charge is 0.180 e. The number of rotatable bonds is 6. The lowest BCUT2D eigenvalue weighted by atomic mass is 10.2. The zero-order chi connectivity index (χ0) is 23.0. The molecule has 4 nitrogen and oxygen atoms in total. The van der Waals surface area contributed by atoms with E-state index in [1.54, 1.807) is 0 Å². The highest BCUT2D eigenvalue weighted by Crippen LogP contribution is 2.41. The first-order valence-corrected chi connectivity index (χ1v) is 9.88. The van der Waals surface area contributed by atoms with Crippen LogP contribution in [-0.4, -0.2) is 22.8 Å². The Bertz CT molecular complexity index is 1080. The predicted molar refractivity (Wildman–Crippen MR) is 91.5 cm³/mol. The highest BCUT2D eigenvalue weighted by atomic mass is 32.2. The van der Waals surface area contributed by atoms with Gasteiger partial charge in [0.25, 0.3) is 0 Å². The van der Waals surface area contributed by atoms with E-state index in [4.69, 9.17) is 0 Å². The number of carbonyl (C=O) groups is 2. The van der Waals surface area contributed by atoms with Crippen LogP contribution in [0.25, 0.3) is 0 Å². The number of hydrogen-bond acceptors (Lipinski definition) is 7. The molecular weight excluding hydrogens is 500 g/mol. The van der Waals surface area contributed by atoms with Crippen LogP contribution in [0.5, 0.6) is 0 Å². The fourth-order valence-corrected chi connectivity index (χ4v) is 5.10. The Hall–Kier alpha value is -2.52. The molecule has 0 atom stereocenters. The summed E-state index contributed by atoms with van der Waals surface area (Å²) in [6.07, 6.45) is -0.829. The summed E-state index contributed by atoms with van der Waals surface area (Å²) >= 11 is 0.497. The van der Waals surface area contributed by atoms with Gasteiger partial charge in [-0.1, -0.05) is 34.9 Å². The highest BCUT2D eigenvalue weighted by molar-refractivity contribution is 8.03. The molecule has 1 heterocycles. The van der Waals surface area contributed by atoms with Crippen molar-refractivity contribution >= 4 is 47.4 Å². The van der Waals surface area contributed by atoms with Crippen LogP contribution in [-0.2, 0) is 0 Å². The number of aromatic nitrogens is 2. The minimum absolute atomic E-state index is 0.0442. The molecule has 162 valence electrons. The van der Waals surface area contributed by atoms with E-state index < -0.39 is 80.0 Å². The van der Waals surface area contributed by atoms with Gasteiger partial charge in [-0.25, -0.2) is 35.1 Å². The largest absolute Gasteiger partial charge is 0.298 e. The second-order valence-corrected chi connectivity index (χ2v) is 8.76. The van der Waals surface area contributed by atoms with Gasteiger partial charge in [0.05, 0.1) is 20.9 Å². The molecule has 0 aliphatic rings. The van der Waals surface area contributed by atoms with Crippen LogP contribution >= 0.6 is 34.9 Å². The van der Waals surface area contributed by atoms with Crippen LogP contribution in [0.3, 0.4) is 0 Å². The van der Waals surface area contributed by atoms with Gasteiger partial charge in [0.2, 0.25) is 0 Å². The minimum Gasteiger partial charge on any atom is -0.298 e. The van der Waals surface area contributed by atoms with Crippen molar-refractivity contribution in [3.8, 4) is 0 Å². The molecule has 0 aliphatic carbocycles. The molecule has 0 fully saturated rings. The summed E-state index contributed by atoms with van der Waals surface area (Å²) < 4.78 is 110. The Morgan fingerprint density at radius 1 is 0.548 bits per heavy atom. The van der Waals surface area contributed by atoms with Gasteiger partial charge in [-0.05, 0) is 0 Å². The average Bonchev–Trinajstić information content (AvgIpc) is 3.19. The Morgan fingerprint density at radius 3 is 1.10 bits per heavy atom. The lowest BCUT2D eigenvalue weighted by Gasteiger charge is -2.07.